The molecule has 0 amide bonds. The molecule has 2 rings (SSSR count). The van der Waals surface area contributed by atoms with Crippen molar-refractivity contribution in [1.29, 1.82) is 0 Å². The molecule has 0 saturated heterocycles. The number of aromatic nitrogens is 1. The zero-order valence-corrected chi connectivity index (χ0v) is 7.61. The number of nitrogens with zero attached hydrogens (tertiary/aromatic N) is 1. The summed E-state index contributed by atoms with van der Waals surface area (Å²) in [7, 11) is 0. The third-order valence-corrected chi connectivity index (χ3v) is 2.51. The third-order valence-electron chi connectivity index (χ3n) is 2.51. The van der Waals surface area contributed by atoms with Crippen molar-refractivity contribution in [2.24, 2.45) is 5.73 Å². The summed E-state index contributed by atoms with van der Waals surface area (Å²) in [6.07, 6.45) is 7.03. The molecule has 1 heterocycles. The van der Waals surface area contributed by atoms with Crippen molar-refractivity contribution in [1.82, 2.24) is 4.98 Å². The van der Waals surface area contributed by atoms with E-state index < -0.39 is 0 Å². The topological polar surface area (TPSA) is 50.9 Å². The molecule has 0 spiro atoms. The van der Waals surface area contributed by atoms with Crippen LogP contribution in [0.1, 0.15) is 19.3 Å². The molecule has 2 atom stereocenters. The van der Waals surface area contributed by atoms with Gasteiger partial charge in [0.1, 0.15) is 0 Å². The lowest BCUT2D eigenvalue weighted by Crippen LogP contribution is -2.20. The Morgan fingerprint density at radius 3 is 3.00 bits per heavy atom. The van der Waals surface area contributed by atoms with Gasteiger partial charge in [0.15, 0.2) is 0 Å². The van der Waals surface area contributed by atoms with Crippen LogP contribution < -0.4 is 11.1 Å². The first-order valence-corrected chi connectivity index (χ1v) is 4.77. The number of nitrogens with two attached hydrogens (primary N) is 1. The van der Waals surface area contributed by atoms with Gasteiger partial charge in [-0.3, -0.25) is 4.98 Å². The van der Waals surface area contributed by atoms with Gasteiger partial charge in [-0.15, -0.1) is 0 Å². The highest BCUT2D eigenvalue weighted by atomic mass is 14.9. The fourth-order valence-electron chi connectivity index (χ4n) is 1.83. The Balaban J connectivity index is 1.92. The molecular formula is C10H15N3. The van der Waals surface area contributed by atoms with Gasteiger partial charge in [0, 0.05) is 24.5 Å². The number of nitrogens with one attached hydrogen (secondary N) is 1. The van der Waals surface area contributed by atoms with Gasteiger partial charge in [0.2, 0.25) is 0 Å². The first-order valence-electron chi connectivity index (χ1n) is 4.77. The second-order valence-electron chi connectivity index (χ2n) is 3.66. The van der Waals surface area contributed by atoms with E-state index in [-0.39, 0.29) is 0 Å². The molecule has 13 heavy (non-hydrogen) atoms. The SMILES string of the molecule is NC1CCC(Nc2cccnc2)C1. The Morgan fingerprint density at radius 2 is 2.38 bits per heavy atom. The standard InChI is InChI=1S/C10H15N3/c11-8-3-4-9(6-8)13-10-2-1-5-12-7-10/h1-2,5,7-9,13H,3-4,6,11H2. The summed E-state index contributed by atoms with van der Waals surface area (Å²) >= 11 is 0. The van der Waals surface area contributed by atoms with Crippen LogP contribution in [0.15, 0.2) is 24.5 Å². The van der Waals surface area contributed by atoms with Gasteiger partial charge in [-0.25, -0.2) is 0 Å². The summed E-state index contributed by atoms with van der Waals surface area (Å²) in [4.78, 5) is 4.05. The Morgan fingerprint density at radius 1 is 1.46 bits per heavy atom. The fraction of sp³-hybridized carbons (Fsp3) is 0.500. The molecule has 3 nitrogen and oxygen atoms in total. The second kappa shape index (κ2) is 3.75. The van der Waals surface area contributed by atoms with Crippen LogP contribution in [0.25, 0.3) is 0 Å². The van der Waals surface area contributed by atoms with Crippen molar-refractivity contribution < 1.29 is 0 Å². The molecule has 1 fully saturated rings. The molecule has 0 bridgehead atoms. The molecular weight excluding hydrogens is 162 g/mol. The molecule has 2 unspecified atom stereocenters. The van der Waals surface area contributed by atoms with Gasteiger partial charge in [-0.1, -0.05) is 0 Å². The molecule has 0 radical (unpaired) electrons. The maximum Gasteiger partial charge on any atom is 0.0528 e. The van der Waals surface area contributed by atoms with Crippen LogP contribution in [0.5, 0.6) is 0 Å². The minimum atomic E-state index is 0.383. The van der Waals surface area contributed by atoms with Crippen molar-refractivity contribution in [2.45, 2.75) is 31.3 Å². The third kappa shape index (κ3) is 2.18. The molecule has 1 aliphatic rings. The van der Waals surface area contributed by atoms with E-state index in [0.29, 0.717) is 12.1 Å². The van der Waals surface area contributed by atoms with Crippen LogP contribution >= 0.6 is 0 Å². The van der Waals surface area contributed by atoms with Crippen LogP contribution in [0.2, 0.25) is 0 Å². The lowest BCUT2D eigenvalue weighted by Gasteiger charge is -2.12. The molecule has 0 aliphatic heterocycles. The fourth-order valence-corrected chi connectivity index (χ4v) is 1.83. The lowest BCUT2D eigenvalue weighted by molar-refractivity contribution is 0.687. The highest BCUT2D eigenvalue weighted by Crippen LogP contribution is 2.20. The van der Waals surface area contributed by atoms with Crippen LogP contribution in [-0.4, -0.2) is 17.1 Å². The van der Waals surface area contributed by atoms with Crippen molar-refractivity contribution in [2.75, 3.05) is 5.32 Å². The summed E-state index contributed by atoms with van der Waals surface area (Å²) < 4.78 is 0. The van der Waals surface area contributed by atoms with E-state index in [9.17, 15) is 0 Å². The van der Waals surface area contributed by atoms with Crippen molar-refractivity contribution in [3.05, 3.63) is 24.5 Å². The number of rotatable bonds is 2. The second-order valence-corrected chi connectivity index (χ2v) is 3.66. The number of pyridine rings is 1. The van der Waals surface area contributed by atoms with Crippen molar-refractivity contribution in [3.63, 3.8) is 0 Å². The number of hydrogen-bond acceptors (Lipinski definition) is 3. The van der Waals surface area contributed by atoms with Gasteiger partial charge in [-0.05, 0) is 31.4 Å². The van der Waals surface area contributed by atoms with Gasteiger partial charge >= 0.3 is 0 Å². The summed E-state index contributed by atoms with van der Waals surface area (Å²) in [5.74, 6) is 0. The Hall–Kier alpha value is -1.09. The van der Waals surface area contributed by atoms with E-state index in [1.54, 1.807) is 6.20 Å². The zero-order chi connectivity index (χ0) is 9.10. The van der Waals surface area contributed by atoms with E-state index >= 15 is 0 Å². The largest absolute Gasteiger partial charge is 0.381 e. The Bertz CT molecular complexity index is 260. The molecule has 70 valence electrons. The molecule has 1 saturated carbocycles. The highest BCUT2D eigenvalue weighted by Gasteiger charge is 2.20. The van der Waals surface area contributed by atoms with Gasteiger partial charge in [-0.2, -0.15) is 0 Å². The van der Waals surface area contributed by atoms with Gasteiger partial charge in [0.05, 0.1) is 5.69 Å². The predicted octanol–water partition coefficient (Wildman–Crippen LogP) is 1.37. The van der Waals surface area contributed by atoms with Gasteiger partial charge in [0.25, 0.3) is 0 Å². The summed E-state index contributed by atoms with van der Waals surface area (Å²) in [6, 6.07) is 4.90. The number of anilines is 1. The Labute approximate surface area is 78.4 Å². The Kier molecular flexibility index (Phi) is 2.45. The molecule has 1 aromatic rings. The van der Waals surface area contributed by atoms with E-state index in [2.05, 4.69) is 10.3 Å². The average Bonchev–Trinajstić information content (AvgIpc) is 2.53. The van der Waals surface area contributed by atoms with E-state index in [4.69, 9.17) is 5.73 Å². The van der Waals surface area contributed by atoms with E-state index in [0.717, 1.165) is 18.5 Å². The monoisotopic (exact) mass is 177 g/mol. The van der Waals surface area contributed by atoms with Crippen LogP contribution in [0.4, 0.5) is 5.69 Å². The summed E-state index contributed by atoms with van der Waals surface area (Å²) in [6.45, 7) is 0. The smallest absolute Gasteiger partial charge is 0.0528 e. The quantitative estimate of drug-likeness (QED) is 0.717. The van der Waals surface area contributed by atoms with Gasteiger partial charge < -0.3 is 11.1 Å². The molecule has 3 heteroatoms. The predicted molar refractivity (Wildman–Crippen MR) is 53.5 cm³/mol. The molecule has 3 N–H and O–H groups in total. The van der Waals surface area contributed by atoms with Crippen LogP contribution in [0.3, 0.4) is 0 Å². The maximum atomic E-state index is 5.82. The van der Waals surface area contributed by atoms with E-state index in [1.807, 2.05) is 18.3 Å². The molecule has 1 aromatic heterocycles. The van der Waals surface area contributed by atoms with E-state index in [1.165, 1.54) is 6.42 Å². The maximum absolute atomic E-state index is 5.82. The normalized spacial score (nSPS) is 27.5. The average molecular weight is 177 g/mol. The van der Waals surface area contributed by atoms with Crippen LogP contribution in [0, 0.1) is 0 Å². The number of hydrogen-bond donors (Lipinski definition) is 2. The highest BCUT2D eigenvalue weighted by molar-refractivity contribution is 5.40. The first-order chi connectivity index (χ1) is 6.34. The van der Waals surface area contributed by atoms with Crippen LogP contribution in [-0.2, 0) is 0 Å². The first kappa shape index (κ1) is 8.51. The molecule has 1 aliphatic carbocycles. The molecule has 0 aromatic carbocycles. The minimum absolute atomic E-state index is 0.383. The lowest BCUT2D eigenvalue weighted by atomic mass is 10.2. The van der Waals surface area contributed by atoms with Crippen molar-refractivity contribution >= 4 is 5.69 Å². The zero-order valence-electron chi connectivity index (χ0n) is 7.61. The van der Waals surface area contributed by atoms with Crippen molar-refractivity contribution in [3.8, 4) is 0 Å². The summed E-state index contributed by atoms with van der Waals surface area (Å²) in [5.41, 5.74) is 6.92. The minimum Gasteiger partial charge on any atom is -0.381 e. The summed E-state index contributed by atoms with van der Waals surface area (Å²) in [5, 5.41) is 3.43.